The number of anilines is 2. The smallest absolute Gasteiger partial charge is 0.395 e. The molecular formula is C27H28Cl2F2N6O4. The zero-order valence-corrected chi connectivity index (χ0v) is 24.0. The Balaban J connectivity index is 0.00000302. The molecule has 2 N–H and O–H groups in total. The standard InChI is InChI=1S/C27H27ClF2N6O4.ClH/c1-11-10-17(26(38)34-15-5-7-18-24(19(15)28)40-27(29,30)39-18)36-21(11)22(35-9-8-31-14-4-6-16(14)35)23(37)20-25(36)33-13(3)12(2)32-20;/h5,7,11,14,16-17,31H,4,6,8-10H2,1-3H3,(H,34,38);1H/t11-,14+,16+,17-;/m1./s1. The van der Waals surface area contributed by atoms with Gasteiger partial charge in [-0.05, 0) is 45.2 Å². The number of carbonyl (C=O) groups is 1. The summed E-state index contributed by atoms with van der Waals surface area (Å²) in [5.74, 6) is -1.11. The highest BCUT2D eigenvalue weighted by Gasteiger charge is 2.46. The molecule has 218 valence electrons. The lowest BCUT2D eigenvalue weighted by Gasteiger charge is -2.50. The van der Waals surface area contributed by atoms with Crippen LogP contribution in [0.4, 0.5) is 20.2 Å². The van der Waals surface area contributed by atoms with Crippen LogP contribution in [0.25, 0.3) is 11.2 Å². The van der Waals surface area contributed by atoms with Gasteiger partial charge >= 0.3 is 6.29 Å². The van der Waals surface area contributed by atoms with Gasteiger partial charge in [0.1, 0.15) is 16.8 Å². The zero-order valence-electron chi connectivity index (χ0n) is 22.5. The predicted molar refractivity (Wildman–Crippen MR) is 151 cm³/mol. The van der Waals surface area contributed by atoms with Gasteiger partial charge in [-0.15, -0.1) is 21.2 Å². The number of nitrogens with one attached hydrogen (secondary N) is 2. The number of alkyl halides is 2. The van der Waals surface area contributed by atoms with Crippen LogP contribution in [0, 0.1) is 13.8 Å². The molecule has 10 nitrogen and oxygen atoms in total. The van der Waals surface area contributed by atoms with Crippen LogP contribution in [0.15, 0.2) is 16.9 Å². The van der Waals surface area contributed by atoms with Crippen LogP contribution in [0.1, 0.15) is 55.2 Å². The van der Waals surface area contributed by atoms with Gasteiger partial charge in [0, 0.05) is 31.1 Å². The van der Waals surface area contributed by atoms with Crippen molar-refractivity contribution in [3.05, 3.63) is 44.5 Å². The summed E-state index contributed by atoms with van der Waals surface area (Å²) < 4.78 is 38.1. The van der Waals surface area contributed by atoms with Crippen LogP contribution in [-0.4, -0.2) is 51.9 Å². The molecule has 41 heavy (non-hydrogen) atoms. The third-order valence-electron chi connectivity index (χ3n) is 8.56. The number of amides is 1. The summed E-state index contributed by atoms with van der Waals surface area (Å²) in [7, 11) is 0. The molecule has 3 aliphatic heterocycles. The molecule has 4 atom stereocenters. The van der Waals surface area contributed by atoms with Crippen molar-refractivity contribution < 1.29 is 23.0 Å². The molecule has 3 aromatic rings. The van der Waals surface area contributed by atoms with Crippen molar-refractivity contribution in [1.82, 2.24) is 19.9 Å². The molecule has 7 rings (SSSR count). The highest BCUT2D eigenvalue weighted by atomic mass is 35.5. The second kappa shape index (κ2) is 9.67. The fraction of sp³-hybridized carbons (Fsp3) is 0.481. The molecule has 1 saturated carbocycles. The Morgan fingerprint density at radius 2 is 1.95 bits per heavy atom. The average molecular weight is 609 g/mol. The maximum absolute atomic E-state index is 14.1. The summed E-state index contributed by atoms with van der Waals surface area (Å²) in [6, 6.07) is 2.44. The summed E-state index contributed by atoms with van der Waals surface area (Å²) in [6.45, 7) is 7.06. The number of aryl methyl sites for hydroxylation is 2. The number of pyridine rings is 1. The van der Waals surface area contributed by atoms with E-state index < -0.39 is 18.2 Å². The van der Waals surface area contributed by atoms with Crippen molar-refractivity contribution in [2.75, 3.05) is 23.3 Å². The Labute approximate surface area is 244 Å². The first-order valence-corrected chi connectivity index (χ1v) is 13.7. The van der Waals surface area contributed by atoms with Gasteiger partial charge in [-0.1, -0.05) is 18.5 Å². The molecule has 2 fully saturated rings. The monoisotopic (exact) mass is 608 g/mol. The third kappa shape index (κ3) is 4.21. The molecule has 1 amide bonds. The first-order valence-electron chi connectivity index (χ1n) is 13.4. The fourth-order valence-corrected chi connectivity index (χ4v) is 6.65. The first-order chi connectivity index (χ1) is 19.0. The first kappa shape index (κ1) is 27.9. The van der Waals surface area contributed by atoms with Crippen molar-refractivity contribution in [1.29, 1.82) is 0 Å². The number of hydrogen-bond acceptors (Lipinski definition) is 8. The molecule has 0 unspecified atom stereocenters. The Morgan fingerprint density at radius 1 is 1.20 bits per heavy atom. The highest BCUT2D eigenvalue weighted by molar-refractivity contribution is 6.35. The molecule has 0 radical (unpaired) electrons. The summed E-state index contributed by atoms with van der Waals surface area (Å²) in [4.78, 5) is 39.5. The van der Waals surface area contributed by atoms with E-state index in [0.717, 1.165) is 25.1 Å². The van der Waals surface area contributed by atoms with Crippen LogP contribution >= 0.6 is 24.0 Å². The van der Waals surface area contributed by atoms with Gasteiger partial charge in [-0.3, -0.25) is 9.59 Å². The molecule has 1 saturated heterocycles. The normalized spacial score (nSPS) is 25.3. The second-order valence-electron chi connectivity index (χ2n) is 11.0. The number of rotatable bonds is 3. The van der Waals surface area contributed by atoms with Crippen molar-refractivity contribution in [2.45, 2.75) is 70.4 Å². The number of hydrogen-bond donors (Lipinski definition) is 2. The number of fused-ring (bicyclic) bond motifs is 5. The molecular weight excluding hydrogens is 581 g/mol. The number of aromatic nitrogens is 3. The van der Waals surface area contributed by atoms with Crippen molar-refractivity contribution in [2.24, 2.45) is 0 Å². The number of benzene rings is 1. The van der Waals surface area contributed by atoms with E-state index in [2.05, 4.69) is 30.0 Å². The van der Waals surface area contributed by atoms with Crippen molar-refractivity contribution in [3.63, 3.8) is 0 Å². The summed E-state index contributed by atoms with van der Waals surface area (Å²) in [5.41, 5.74) is 3.18. The van der Waals surface area contributed by atoms with Gasteiger partial charge in [0.2, 0.25) is 11.3 Å². The predicted octanol–water partition coefficient (Wildman–Crippen LogP) is 4.43. The Hall–Kier alpha value is -3.22. The number of nitrogens with zero attached hydrogens (tertiary/aromatic N) is 4. The minimum absolute atomic E-state index is 0. The third-order valence-corrected chi connectivity index (χ3v) is 8.94. The minimum Gasteiger partial charge on any atom is -0.395 e. The summed E-state index contributed by atoms with van der Waals surface area (Å²) in [5, 5.41) is 6.12. The van der Waals surface area contributed by atoms with E-state index in [1.807, 2.05) is 25.3 Å². The van der Waals surface area contributed by atoms with Crippen LogP contribution in [0.3, 0.4) is 0 Å². The lowest BCUT2D eigenvalue weighted by atomic mass is 9.82. The second-order valence-corrected chi connectivity index (χ2v) is 11.3. The maximum atomic E-state index is 14.1. The molecule has 0 bridgehead atoms. The highest BCUT2D eigenvalue weighted by Crippen LogP contribution is 2.49. The summed E-state index contributed by atoms with van der Waals surface area (Å²) in [6.07, 6.45) is -1.40. The van der Waals surface area contributed by atoms with Gasteiger partial charge < -0.3 is 29.6 Å². The molecule has 2 aromatic heterocycles. The largest absolute Gasteiger partial charge is 0.586 e. The Bertz CT molecular complexity index is 1670. The van der Waals surface area contributed by atoms with Gasteiger partial charge in [0.25, 0.3) is 0 Å². The van der Waals surface area contributed by atoms with E-state index in [-0.39, 0.29) is 57.5 Å². The van der Waals surface area contributed by atoms with Crippen LogP contribution in [-0.2, 0) is 4.79 Å². The molecule has 4 aliphatic rings. The average Bonchev–Trinajstić information content (AvgIpc) is 3.39. The Morgan fingerprint density at radius 3 is 2.68 bits per heavy atom. The number of piperazine rings is 1. The number of ether oxygens (including phenoxy) is 2. The molecule has 5 heterocycles. The fourth-order valence-electron chi connectivity index (χ4n) is 6.41. The number of halogens is 4. The van der Waals surface area contributed by atoms with Gasteiger partial charge in [-0.2, -0.15) is 0 Å². The van der Waals surface area contributed by atoms with Crippen LogP contribution < -0.4 is 30.4 Å². The molecule has 0 spiro atoms. The van der Waals surface area contributed by atoms with E-state index in [1.54, 1.807) is 0 Å². The van der Waals surface area contributed by atoms with Gasteiger partial charge in [-0.25, -0.2) is 9.97 Å². The zero-order chi connectivity index (χ0) is 28.1. The lowest BCUT2D eigenvalue weighted by molar-refractivity contribution is -0.286. The van der Waals surface area contributed by atoms with Crippen LogP contribution in [0.5, 0.6) is 11.5 Å². The SMILES string of the molecule is Cc1nc2c(=O)c(N3CCN[C@H]4CC[C@@H]43)c3n(c2nc1C)[C@@H](C(=O)Nc1ccc2c(c1Cl)OC(F)(F)O2)C[C@H]3C.Cl. The maximum Gasteiger partial charge on any atom is 0.586 e. The van der Waals surface area contributed by atoms with Gasteiger partial charge in [0.05, 0.1) is 22.8 Å². The van der Waals surface area contributed by atoms with E-state index in [1.165, 1.54) is 12.1 Å². The summed E-state index contributed by atoms with van der Waals surface area (Å²) >= 11 is 6.34. The van der Waals surface area contributed by atoms with Crippen molar-refractivity contribution in [3.8, 4) is 11.5 Å². The van der Waals surface area contributed by atoms with E-state index in [9.17, 15) is 18.4 Å². The lowest BCUT2D eigenvalue weighted by Crippen LogP contribution is -2.64. The molecule has 14 heteroatoms. The topological polar surface area (TPSA) is 111 Å². The Kier molecular flexibility index (Phi) is 6.59. The van der Waals surface area contributed by atoms with Crippen molar-refractivity contribution >= 4 is 52.5 Å². The quantitative estimate of drug-likeness (QED) is 0.449. The number of carbonyl (C=O) groups excluding carboxylic acids is 1. The molecule has 1 aromatic carbocycles. The molecule has 1 aliphatic carbocycles. The van der Waals surface area contributed by atoms with Gasteiger partial charge in [0.15, 0.2) is 22.7 Å². The minimum atomic E-state index is -3.84. The van der Waals surface area contributed by atoms with E-state index in [0.29, 0.717) is 41.7 Å². The van der Waals surface area contributed by atoms with Crippen LogP contribution in [0.2, 0.25) is 5.02 Å². The van der Waals surface area contributed by atoms with E-state index in [4.69, 9.17) is 16.6 Å². The van der Waals surface area contributed by atoms with E-state index >= 15 is 0 Å².